The predicted molar refractivity (Wildman–Crippen MR) is 126 cm³/mol. The highest BCUT2D eigenvalue weighted by Gasteiger charge is 2.22. The second-order valence-electron chi connectivity index (χ2n) is 8.34. The standard InChI is InChI=1S/C25H32N4O2/c1-3-4-14-26-18-12-13-22-21(16-18)25(30)29(17-19-9-7-8-15-27-19)24(28-22)20-10-5-6-11-23(20)31-2/h5-6,10-13,16,19,26-27H,3-4,7-9,14-15,17H2,1-2H3/p+1. The third-order valence-electron chi connectivity index (χ3n) is 6.11. The van der Waals surface area contributed by atoms with Crippen LogP contribution in [0.1, 0.15) is 39.0 Å². The Labute approximate surface area is 183 Å². The topological polar surface area (TPSA) is 72.8 Å². The minimum atomic E-state index is 0.0176. The van der Waals surface area contributed by atoms with Crippen molar-refractivity contribution in [2.45, 2.75) is 51.6 Å². The number of nitrogens with zero attached hydrogens (tertiary/aromatic N) is 2. The number of hydrogen-bond acceptors (Lipinski definition) is 4. The van der Waals surface area contributed by atoms with E-state index < -0.39 is 0 Å². The van der Waals surface area contributed by atoms with Crippen LogP contribution in [0.25, 0.3) is 22.3 Å². The Morgan fingerprint density at radius 2 is 2.10 bits per heavy atom. The summed E-state index contributed by atoms with van der Waals surface area (Å²) in [7, 11) is 1.66. The first-order chi connectivity index (χ1) is 15.2. The maximum Gasteiger partial charge on any atom is 0.261 e. The highest BCUT2D eigenvalue weighted by Crippen LogP contribution is 2.29. The van der Waals surface area contributed by atoms with E-state index >= 15 is 0 Å². The van der Waals surface area contributed by atoms with Gasteiger partial charge < -0.3 is 15.4 Å². The summed E-state index contributed by atoms with van der Waals surface area (Å²) in [6.07, 6.45) is 5.81. The number of para-hydroxylation sites is 1. The molecule has 1 saturated heterocycles. The van der Waals surface area contributed by atoms with Gasteiger partial charge in [0, 0.05) is 18.7 Å². The highest BCUT2D eigenvalue weighted by molar-refractivity contribution is 5.83. The summed E-state index contributed by atoms with van der Waals surface area (Å²) < 4.78 is 7.46. The molecule has 0 radical (unpaired) electrons. The molecular formula is C25H33N4O2+. The molecule has 4 rings (SSSR count). The molecule has 3 aromatic rings. The summed E-state index contributed by atoms with van der Waals surface area (Å²) in [5.41, 5.74) is 2.56. The van der Waals surface area contributed by atoms with E-state index in [0.717, 1.165) is 54.9 Å². The van der Waals surface area contributed by atoms with Crippen LogP contribution in [0.15, 0.2) is 47.3 Å². The number of nitrogens with two attached hydrogens (primary N) is 1. The van der Waals surface area contributed by atoms with E-state index in [1.807, 2.05) is 47.0 Å². The van der Waals surface area contributed by atoms with Crippen LogP contribution in [0, 0.1) is 0 Å². The number of nitrogens with one attached hydrogen (secondary N) is 1. The van der Waals surface area contributed by atoms with E-state index in [9.17, 15) is 4.79 Å². The first-order valence-electron chi connectivity index (χ1n) is 11.5. The number of unbranched alkanes of at least 4 members (excludes halogenated alkanes) is 1. The molecule has 2 aromatic carbocycles. The molecular weight excluding hydrogens is 388 g/mol. The molecule has 1 aliphatic heterocycles. The summed E-state index contributed by atoms with van der Waals surface area (Å²) in [5, 5.41) is 6.46. The van der Waals surface area contributed by atoms with E-state index in [4.69, 9.17) is 9.72 Å². The predicted octanol–water partition coefficient (Wildman–Crippen LogP) is 3.40. The lowest BCUT2D eigenvalue weighted by Gasteiger charge is -2.23. The Bertz CT molecular complexity index is 1090. The lowest BCUT2D eigenvalue weighted by molar-refractivity contribution is -0.698. The number of aromatic nitrogens is 2. The molecule has 1 aliphatic rings. The van der Waals surface area contributed by atoms with E-state index in [1.54, 1.807) is 7.11 Å². The van der Waals surface area contributed by atoms with Gasteiger partial charge in [-0.15, -0.1) is 0 Å². The Hall–Kier alpha value is -2.86. The summed E-state index contributed by atoms with van der Waals surface area (Å²) >= 11 is 0. The average Bonchev–Trinajstić information content (AvgIpc) is 2.82. The van der Waals surface area contributed by atoms with Gasteiger partial charge in [0.15, 0.2) is 0 Å². The zero-order valence-electron chi connectivity index (χ0n) is 18.6. The summed E-state index contributed by atoms with van der Waals surface area (Å²) in [5.74, 6) is 1.41. The molecule has 1 aromatic heterocycles. The van der Waals surface area contributed by atoms with Crippen LogP contribution in [-0.4, -0.2) is 35.8 Å². The van der Waals surface area contributed by atoms with Crippen molar-refractivity contribution in [2.75, 3.05) is 25.5 Å². The van der Waals surface area contributed by atoms with Crippen molar-refractivity contribution in [2.24, 2.45) is 0 Å². The van der Waals surface area contributed by atoms with Gasteiger partial charge in [0.1, 0.15) is 17.6 Å². The molecule has 1 unspecified atom stereocenters. The van der Waals surface area contributed by atoms with Gasteiger partial charge in [-0.3, -0.25) is 9.36 Å². The molecule has 1 atom stereocenters. The maximum atomic E-state index is 13.7. The number of benzene rings is 2. The van der Waals surface area contributed by atoms with E-state index in [0.29, 0.717) is 23.8 Å². The third kappa shape index (κ3) is 4.74. The molecule has 6 heteroatoms. The monoisotopic (exact) mass is 421 g/mol. The van der Waals surface area contributed by atoms with Gasteiger partial charge in [0.05, 0.1) is 36.7 Å². The number of quaternary nitrogens is 1. The number of fused-ring (bicyclic) bond motifs is 1. The van der Waals surface area contributed by atoms with Crippen molar-refractivity contribution in [3.05, 3.63) is 52.8 Å². The normalized spacial score (nSPS) is 16.4. The number of ether oxygens (including phenoxy) is 1. The summed E-state index contributed by atoms with van der Waals surface area (Å²) in [6.45, 7) is 4.85. The molecule has 0 aliphatic carbocycles. The number of anilines is 1. The van der Waals surface area contributed by atoms with Gasteiger partial charge in [-0.1, -0.05) is 25.5 Å². The van der Waals surface area contributed by atoms with Crippen molar-refractivity contribution in [1.82, 2.24) is 9.55 Å². The Balaban J connectivity index is 1.83. The Morgan fingerprint density at radius 3 is 2.87 bits per heavy atom. The number of methoxy groups -OCH3 is 1. The van der Waals surface area contributed by atoms with Crippen molar-refractivity contribution in [3.63, 3.8) is 0 Å². The van der Waals surface area contributed by atoms with Crippen LogP contribution < -0.4 is 20.9 Å². The zero-order chi connectivity index (χ0) is 21.6. The molecule has 164 valence electrons. The lowest BCUT2D eigenvalue weighted by atomic mass is 10.0. The number of rotatable bonds is 8. The van der Waals surface area contributed by atoms with E-state index in [1.165, 1.54) is 12.8 Å². The minimum Gasteiger partial charge on any atom is -0.496 e. The molecule has 2 heterocycles. The fourth-order valence-electron chi connectivity index (χ4n) is 4.37. The highest BCUT2D eigenvalue weighted by atomic mass is 16.5. The molecule has 0 bridgehead atoms. The molecule has 0 spiro atoms. The average molecular weight is 422 g/mol. The van der Waals surface area contributed by atoms with Crippen LogP contribution in [-0.2, 0) is 6.54 Å². The van der Waals surface area contributed by atoms with Crippen LogP contribution in [0.2, 0.25) is 0 Å². The second kappa shape index (κ2) is 9.96. The zero-order valence-corrected chi connectivity index (χ0v) is 18.6. The van der Waals surface area contributed by atoms with Gasteiger partial charge in [-0.05, 0) is 49.6 Å². The van der Waals surface area contributed by atoms with Gasteiger partial charge in [0.2, 0.25) is 0 Å². The van der Waals surface area contributed by atoms with Crippen molar-refractivity contribution < 1.29 is 10.1 Å². The molecule has 31 heavy (non-hydrogen) atoms. The lowest BCUT2D eigenvalue weighted by Crippen LogP contribution is -2.92. The van der Waals surface area contributed by atoms with Crippen LogP contribution >= 0.6 is 0 Å². The van der Waals surface area contributed by atoms with Gasteiger partial charge in [-0.25, -0.2) is 4.98 Å². The molecule has 6 nitrogen and oxygen atoms in total. The third-order valence-corrected chi connectivity index (χ3v) is 6.11. The Kier molecular flexibility index (Phi) is 6.87. The fourth-order valence-corrected chi connectivity index (χ4v) is 4.37. The van der Waals surface area contributed by atoms with Crippen molar-refractivity contribution in [3.8, 4) is 17.1 Å². The quantitative estimate of drug-likeness (QED) is 0.547. The van der Waals surface area contributed by atoms with Crippen LogP contribution in [0.3, 0.4) is 0 Å². The van der Waals surface area contributed by atoms with Gasteiger partial charge >= 0.3 is 0 Å². The second-order valence-corrected chi connectivity index (χ2v) is 8.34. The van der Waals surface area contributed by atoms with Crippen LogP contribution in [0.5, 0.6) is 5.75 Å². The van der Waals surface area contributed by atoms with Crippen molar-refractivity contribution >= 4 is 16.6 Å². The molecule has 0 amide bonds. The molecule has 3 N–H and O–H groups in total. The SMILES string of the molecule is CCCCNc1ccc2nc(-c3ccccc3OC)n(CC3CCCC[NH2+]3)c(=O)c2c1. The van der Waals surface area contributed by atoms with Gasteiger partial charge in [-0.2, -0.15) is 0 Å². The first kappa shape index (κ1) is 21.4. The number of piperidine rings is 1. The van der Waals surface area contributed by atoms with Crippen LogP contribution in [0.4, 0.5) is 5.69 Å². The van der Waals surface area contributed by atoms with E-state index in [-0.39, 0.29) is 5.56 Å². The minimum absolute atomic E-state index is 0.0176. The first-order valence-corrected chi connectivity index (χ1v) is 11.5. The molecule has 0 saturated carbocycles. The summed E-state index contributed by atoms with van der Waals surface area (Å²) in [4.78, 5) is 18.7. The fraction of sp³-hybridized carbons (Fsp3) is 0.440. The Morgan fingerprint density at radius 1 is 1.23 bits per heavy atom. The smallest absolute Gasteiger partial charge is 0.261 e. The largest absolute Gasteiger partial charge is 0.496 e. The van der Waals surface area contributed by atoms with E-state index in [2.05, 4.69) is 17.6 Å². The summed E-state index contributed by atoms with van der Waals surface area (Å²) in [6, 6.07) is 14.1. The maximum absolute atomic E-state index is 13.7. The number of hydrogen-bond donors (Lipinski definition) is 2. The van der Waals surface area contributed by atoms with Crippen molar-refractivity contribution in [1.29, 1.82) is 0 Å². The van der Waals surface area contributed by atoms with Gasteiger partial charge in [0.25, 0.3) is 5.56 Å². The molecule has 1 fully saturated rings.